The summed E-state index contributed by atoms with van der Waals surface area (Å²) in [5.41, 5.74) is 1.79. The molecule has 6 heteroatoms. The molecule has 0 bridgehead atoms. The minimum atomic E-state index is -0.274. The standard InChI is InChI=1S/C20H26N6/c1-14(2)26-11-10-18(23-26)24-12-13-25(15(24)3)20(4,5)19-21-16-8-6-7-9-17(16)22-19/h6-15H,1-5H3,(H,21,22)/t15-/m1/s1. The van der Waals surface area contributed by atoms with Crippen LogP contribution < -0.4 is 4.90 Å². The number of hydrogen-bond donors (Lipinski definition) is 1. The number of aromatic amines is 1. The van der Waals surface area contributed by atoms with Crippen molar-refractivity contribution in [3.63, 3.8) is 0 Å². The van der Waals surface area contributed by atoms with Gasteiger partial charge in [-0.15, -0.1) is 0 Å². The highest BCUT2D eigenvalue weighted by molar-refractivity contribution is 5.75. The minimum Gasteiger partial charge on any atom is -0.344 e. The first-order valence-corrected chi connectivity index (χ1v) is 9.13. The Morgan fingerprint density at radius 2 is 1.88 bits per heavy atom. The second-order valence-electron chi connectivity index (χ2n) is 7.65. The van der Waals surface area contributed by atoms with Gasteiger partial charge >= 0.3 is 0 Å². The summed E-state index contributed by atoms with van der Waals surface area (Å²) in [6.45, 7) is 10.9. The highest BCUT2D eigenvalue weighted by atomic mass is 15.5. The van der Waals surface area contributed by atoms with E-state index in [2.05, 4.69) is 73.9 Å². The molecule has 1 aromatic carbocycles. The number of fused-ring (bicyclic) bond motifs is 1. The zero-order valence-electron chi connectivity index (χ0n) is 16.0. The van der Waals surface area contributed by atoms with Crippen molar-refractivity contribution in [3.05, 3.63) is 54.8 Å². The van der Waals surface area contributed by atoms with E-state index in [1.807, 2.05) is 29.1 Å². The van der Waals surface area contributed by atoms with Gasteiger partial charge in [0.1, 0.15) is 12.0 Å². The van der Waals surface area contributed by atoms with E-state index >= 15 is 0 Å². The maximum Gasteiger partial charge on any atom is 0.156 e. The summed E-state index contributed by atoms with van der Waals surface area (Å²) in [6.07, 6.45) is 6.41. The lowest BCUT2D eigenvalue weighted by atomic mass is 10.0. The van der Waals surface area contributed by atoms with Gasteiger partial charge in [-0.3, -0.25) is 4.68 Å². The molecule has 1 atom stereocenters. The van der Waals surface area contributed by atoms with Gasteiger partial charge in [-0.05, 0) is 46.8 Å². The van der Waals surface area contributed by atoms with Crippen LogP contribution in [0.15, 0.2) is 48.9 Å². The molecule has 3 aromatic rings. The number of rotatable bonds is 4. The topological polar surface area (TPSA) is 53.0 Å². The van der Waals surface area contributed by atoms with Crippen LogP contribution in [0.25, 0.3) is 11.0 Å². The Balaban J connectivity index is 1.62. The smallest absolute Gasteiger partial charge is 0.156 e. The first-order chi connectivity index (χ1) is 12.4. The van der Waals surface area contributed by atoms with Gasteiger partial charge in [0, 0.05) is 30.7 Å². The number of nitrogens with zero attached hydrogens (tertiary/aromatic N) is 5. The highest BCUT2D eigenvalue weighted by Gasteiger charge is 2.38. The summed E-state index contributed by atoms with van der Waals surface area (Å²) in [4.78, 5) is 12.8. The van der Waals surface area contributed by atoms with Crippen molar-refractivity contribution < 1.29 is 0 Å². The van der Waals surface area contributed by atoms with Crippen LogP contribution in [-0.4, -0.2) is 30.8 Å². The summed E-state index contributed by atoms with van der Waals surface area (Å²) >= 11 is 0. The average Bonchev–Trinajstić information content (AvgIpc) is 3.32. The quantitative estimate of drug-likeness (QED) is 0.766. The van der Waals surface area contributed by atoms with Crippen LogP contribution in [0.4, 0.5) is 5.82 Å². The minimum absolute atomic E-state index is 0.147. The van der Waals surface area contributed by atoms with Gasteiger partial charge < -0.3 is 14.8 Å². The average molecular weight is 350 g/mol. The Bertz CT molecular complexity index is 915. The van der Waals surface area contributed by atoms with Crippen LogP contribution in [0.3, 0.4) is 0 Å². The van der Waals surface area contributed by atoms with Crippen LogP contribution in [0, 0.1) is 0 Å². The molecule has 0 aliphatic carbocycles. The number of H-pyrrole nitrogens is 1. The van der Waals surface area contributed by atoms with Crippen LogP contribution in [0.2, 0.25) is 0 Å². The normalized spacial score (nSPS) is 17.8. The molecule has 0 unspecified atom stereocenters. The maximum atomic E-state index is 4.82. The predicted octanol–water partition coefficient (Wildman–Crippen LogP) is 4.21. The summed E-state index contributed by atoms with van der Waals surface area (Å²) in [7, 11) is 0. The molecule has 1 aliphatic heterocycles. The Hall–Kier alpha value is -2.76. The first-order valence-electron chi connectivity index (χ1n) is 9.13. The summed E-state index contributed by atoms with van der Waals surface area (Å²) < 4.78 is 1.99. The SMILES string of the molecule is CC(C)n1ccc(N2C=CN(C(C)(C)c3nc4ccccc4[nH]3)[C@@H]2C)n1. The largest absolute Gasteiger partial charge is 0.344 e. The highest BCUT2D eigenvalue weighted by Crippen LogP contribution is 2.35. The van der Waals surface area contributed by atoms with Gasteiger partial charge in [-0.2, -0.15) is 5.10 Å². The van der Waals surface area contributed by atoms with Gasteiger partial charge in [-0.25, -0.2) is 4.98 Å². The Labute approximate surface area is 154 Å². The van der Waals surface area contributed by atoms with Crippen molar-refractivity contribution in [2.24, 2.45) is 0 Å². The fourth-order valence-electron chi connectivity index (χ4n) is 3.57. The van der Waals surface area contributed by atoms with Crippen LogP contribution in [-0.2, 0) is 5.54 Å². The molecule has 0 fully saturated rings. The monoisotopic (exact) mass is 350 g/mol. The molecule has 26 heavy (non-hydrogen) atoms. The lowest BCUT2D eigenvalue weighted by Crippen LogP contribution is -2.46. The van der Waals surface area contributed by atoms with E-state index in [0.29, 0.717) is 6.04 Å². The zero-order chi connectivity index (χ0) is 18.5. The second-order valence-corrected chi connectivity index (χ2v) is 7.65. The third kappa shape index (κ3) is 2.57. The van der Waals surface area contributed by atoms with Crippen LogP contribution >= 0.6 is 0 Å². The number of aromatic nitrogens is 4. The number of nitrogens with one attached hydrogen (secondary N) is 1. The fraction of sp³-hybridized carbons (Fsp3) is 0.400. The van der Waals surface area contributed by atoms with E-state index in [4.69, 9.17) is 10.1 Å². The molecule has 6 nitrogen and oxygen atoms in total. The molecule has 1 aliphatic rings. The fourth-order valence-corrected chi connectivity index (χ4v) is 3.57. The van der Waals surface area contributed by atoms with Crippen molar-refractivity contribution in [2.45, 2.75) is 52.4 Å². The molecule has 0 amide bonds. The molecular formula is C20H26N6. The molecule has 1 N–H and O–H groups in total. The van der Waals surface area contributed by atoms with Gasteiger partial charge in [0.2, 0.25) is 0 Å². The van der Waals surface area contributed by atoms with Crippen molar-refractivity contribution in [3.8, 4) is 0 Å². The first kappa shape index (κ1) is 16.7. The molecule has 0 saturated carbocycles. The van der Waals surface area contributed by atoms with Crippen molar-refractivity contribution >= 4 is 16.9 Å². The molecule has 4 rings (SSSR count). The van der Waals surface area contributed by atoms with E-state index < -0.39 is 0 Å². The molecular weight excluding hydrogens is 324 g/mol. The Morgan fingerprint density at radius 3 is 2.58 bits per heavy atom. The molecule has 136 valence electrons. The number of para-hydroxylation sites is 2. The lowest BCUT2D eigenvalue weighted by molar-refractivity contribution is 0.144. The van der Waals surface area contributed by atoms with Crippen molar-refractivity contribution in [1.29, 1.82) is 0 Å². The Morgan fingerprint density at radius 1 is 1.12 bits per heavy atom. The zero-order valence-corrected chi connectivity index (χ0v) is 16.0. The van der Waals surface area contributed by atoms with Crippen molar-refractivity contribution in [1.82, 2.24) is 24.6 Å². The number of hydrogen-bond acceptors (Lipinski definition) is 4. The summed E-state index contributed by atoms with van der Waals surface area (Å²) in [5.74, 6) is 1.93. The summed E-state index contributed by atoms with van der Waals surface area (Å²) in [5, 5.41) is 4.71. The third-order valence-electron chi connectivity index (χ3n) is 5.20. The molecule has 2 aromatic heterocycles. The Kier molecular flexibility index (Phi) is 3.79. The molecule has 0 radical (unpaired) electrons. The van der Waals surface area contributed by atoms with E-state index in [1.54, 1.807) is 0 Å². The predicted molar refractivity (Wildman–Crippen MR) is 105 cm³/mol. The third-order valence-corrected chi connectivity index (χ3v) is 5.20. The van der Waals surface area contributed by atoms with E-state index in [9.17, 15) is 0 Å². The lowest BCUT2D eigenvalue weighted by Gasteiger charge is -2.39. The summed E-state index contributed by atoms with van der Waals surface area (Å²) in [6, 6.07) is 10.6. The van der Waals surface area contributed by atoms with Crippen LogP contribution in [0.5, 0.6) is 0 Å². The number of benzene rings is 1. The van der Waals surface area contributed by atoms with Gasteiger partial charge in [0.15, 0.2) is 5.82 Å². The molecule has 0 spiro atoms. The second kappa shape index (κ2) is 5.90. The van der Waals surface area contributed by atoms with Gasteiger partial charge in [0.25, 0.3) is 0 Å². The van der Waals surface area contributed by atoms with Gasteiger partial charge in [0.05, 0.1) is 16.6 Å². The number of imidazole rings is 1. The van der Waals surface area contributed by atoms with Gasteiger partial charge in [-0.1, -0.05) is 12.1 Å². The van der Waals surface area contributed by atoms with Crippen LogP contribution in [0.1, 0.15) is 46.5 Å². The van der Waals surface area contributed by atoms with E-state index in [1.165, 1.54) is 0 Å². The molecule has 3 heterocycles. The van der Waals surface area contributed by atoms with Crippen molar-refractivity contribution in [2.75, 3.05) is 4.90 Å². The van der Waals surface area contributed by atoms with E-state index in [-0.39, 0.29) is 11.7 Å². The van der Waals surface area contributed by atoms with E-state index in [0.717, 1.165) is 22.7 Å². The molecule has 0 saturated heterocycles. The number of anilines is 1. The maximum absolute atomic E-state index is 4.82.